The number of hydrogen-bond donors (Lipinski definition) is 1. The van der Waals surface area contributed by atoms with Gasteiger partial charge in [0.2, 0.25) is 0 Å². The van der Waals surface area contributed by atoms with Crippen molar-refractivity contribution < 1.29 is 8.81 Å². The quantitative estimate of drug-likeness (QED) is 0.830. The third-order valence-corrected chi connectivity index (χ3v) is 2.27. The molecule has 0 spiro atoms. The number of benzene rings is 1. The van der Waals surface area contributed by atoms with Gasteiger partial charge in [-0.3, -0.25) is 0 Å². The van der Waals surface area contributed by atoms with Crippen LogP contribution in [0.15, 0.2) is 22.6 Å². The highest BCUT2D eigenvalue weighted by atomic mass is 35.5. The highest BCUT2D eigenvalue weighted by Gasteiger charge is 2.10. The van der Waals surface area contributed by atoms with Gasteiger partial charge in [0, 0.05) is 5.39 Å². The second-order valence-corrected chi connectivity index (χ2v) is 3.43. The first-order valence-corrected chi connectivity index (χ1v) is 4.61. The van der Waals surface area contributed by atoms with Crippen molar-refractivity contribution in [1.82, 2.24) is 5.32 Å². The Bertz CT molecular complexity index is 466. The predicted molar refractivity (Wildman–Crippen MR) is 53.9 cm³/mol. The van der Waals surface area contributed by atoms with Crippen LogP contribution < -0.4 is 5.32 Å². The molecule has 1 N–H and O–H groups in total. The minimum atomic E-state index is -0.494. The molecule has 0 fully saturated rings. The maximum atomic E-state index is 13.4. The third-order valence-electron chi connectivity index (χ3n) is 1.98. The molecule has 0 atom stereocenters. The lowest BCUT2D eigenvalue weighted by atomic mass is 10.2. The van der Waals surface area contributed by atoms with Crippen molar-refractivity contribution in [3.05, 3.63) is 34.8 Å². The number of nitrogens with one attached hydrogen (secondary N) is 1. The van der Waals surface area contributed by atoms with Crippen LogP contribution in [0.1, 0.15) is 5.76 Å². The van der Waals surface area contributed by atoms with Gasteiger partial charge in [0.1, 0.15) is 5.76 Å². The van der Waals surface area contributed by atoms with Crippen LogP contribution >= 0.6 is 11.6 Å². The summed E-state index contributed by atoms with van der Waals surface area (Å²) in [5.74, 6) is 0.204. The molecule has 1 aromatic heterocycles. The number of halogens is 2. The van der Waals surface area contributed by atoms with Gasteiger partial charge < -0.3 is 9.73 Å². The monoisotopic (exact) mass is 213 g/mol. The van der Waals surface area contributed by atoms with Gasteiger partial charge in [0.15, 0.2) is 11.4 Å². The van der Waals surface area contributed by atoms with E-state index >= 15 is 0 Å². The summed E-state index contributed by atoms with van der Waals surface area (Å²) in [6.45, 7) is 0.575. The van der Waals surface area contributed by atoms with E-state index in [-0.39, 0.29) is 10.6 Å². The van der Waals surface area contributed by atoms with Crippen LogP contribution in [0.5, 0.6) is 0 Å². The molecular weight excluding hydrogens is 205 g/mol. The summed E-state index contributed by atoms with van der Waals surface area (Å²) in [5.41, 5.74) is 0.225. The lowest BCUT2D eigenvalue weighted by Gasteiger charge is -1.93. The Morgan fingerprint density at radius 2 is 2.29 bits per heavy atom. The first-order valence-electron chi connectivity index (χ1n) is 4.23. The lowest BCUT2D eigenvalue weighted by molar-refractivity contribution is 0.507. The van der Waals surface area contributed by atoms with Gasteiger partial charge in [0.05, 0.1) is 11.6 Å². The number of hydrogen-bond acceptors (Lipinski definition) is 2. The van der Waals surface area contributed by atoms with E-state index in [0.29, 0.717) is 12.3 Å². The molecule has 0 bridgehead atoms. The summed E-state index contributed by atoms with van der Waals surface area (Å²) in [6.07, 6.45) is 0. The molecule has 4 heteroatoms. The standard InChI is InChI=1S/C10H9ClFNO/c1-13-5-7-4-6-2-3-8(11)9(12)10(6)14-7/h2-4,13H,5H2,1H3. The van der Waals surface area contributed by atoms with E-state index in [1.54, 1.807) is 19.2 Å². The predicted octanol–water partition coefficient (Wildman–Crippen LogP) is 2.94. The van der Waals surface area contributed by atoms with Crippen LogP contribution in [0.2, 0.25) is 5.02 Å². The van der Waals surface area contributed by atoms with Crippen LogP contribution in [0.3, 0.4) is 0 Å². The summed E-state index contributed by atoms with van der Waals surface area (Å²) in [5, 5.41) is 3.75. The topological polar surface area (TPSA) is 25.2 Å². The van der Waals surface area contributed by atoms with E-state index in [1.807, 2.05) is 0 Å². The van der Waals surface area contributed by atoms with Gasteiger partial charge in [-0.05, 0) is 25.2 Å². The van der Waals surface area contributed by atoms with Gasteiger partial charge in [0.25, 0.3) is 0 Å². The maximum absolute atomic E-state index is 13.4. The molecule has 0 aliphatic heterocycles. The molecule has 0 saturated carbocycles. The summed E-state index contributed by atoms with van der Waals surface area (Å²) >= 11 is 5.62. The van der Waals surface area contributed by atoms with E-state index in [2.05, 4.69) is 5.32 Å². The molecule has 2 nitrogen and oxygen atoms in total. The molecule has 2 aromatic rings. The molecule has 0 saturated heterocycles. The zero-order chi connectivity index (χ0) is 10.1. The highest BCUT2D eigenvalue weighted by Crippen LogP contribution is 2.27. The molecule has 1 aromatic carbocycles. The van der Waals surface area contributed by atoms with Crippen molar-refractivity contribution in [2.75, 3.05) is 7.05 Å². The van der Waals surface area contributed by atoms with Crippen molar-refractivity contribution in [3.63, 3.8) is 0 Å². The lowest BCUT2D eigenvalue weighted by Crippen LogP contribution is -2.03. The average molecular weight is 214 g/mol. The minimum Gasteiger partial charge on any atom is -0.457 e. The summed E-state index contributed by atoms with van der Waals surface area (Å²) < 4.78 is 18.7. The summed E-state index contributed by atoms with van der Waals surface area (Å²) in [6, 6.07) is 5.06. The van der Waals surface area contributed by atoms with Crippen LogP contribution in [-0.4, -0.2) is 7.05 Å². The first kappa shape index (κ1) is 9.49. The molecule has 1 heterocycles. The molecule has 14 heavy (non-hydrogen) atoms. The Morgan fingerprint density at radius 3 is 3.00 bits per heavy atom. The normalized spacial score (nSPS) is 11.1. The molecule has 0 unspecified atom stereocenters. The van der Waals surface area contributed by atoms with E-state index in [0.717, 1.165) is 5.39 Å². The van der Waals surface area contributed by atoms with E-state index in [9.17, 15) is 4.39 Å². The first-order chi connectivity index (χ1) is 6.72. The number of fused-ring (bicyclic) bond motifs is 1. The molecule has 0 aliphatic carbocycles. The Balaban J connectivity index is 2.59. The van der Waals surface area contributed by atoms with Gasteiger partial charge in [-0.2, -0.15) is 0 Å². The Morgan fingerprint density at radius 1 is 1.50 bits per heavy atom. The van der Waals surface area contributed by atoms with Gasteiger partial charge in [-0.1, -0.05) is 11.6 Å². The molecule has 2 rings (SSSR count). The Kier molecular flexibility index (Phi) is 2.44. The van der Waals surface area contributed by atoms with Crippen molar-refractivity contribution in [1.29, 1.82) is 0 Å². The van der Waals surface area contributed by atoms with Crippen molar-refractivity contribution in [3.8, 4) is 0 Å². The fraction of sp³-hybridized carbons (Fsp3) is 0.200. The van der Waals surface area contributed by atoms with Crippen molar-refractivity contribution >= 4 is 22.6 Å². The second kappa shape index (κ2) is 3.59. The minimum absolute atomic E-state index is 0.0860. The van der Waals surface area contributed by atoms with E-state index in [1.165, 1.54) is 6.07 Å². The van der Waals surface area contributed by atoms with Crippen LogP contribution in [-0.2, 0) is 6.54 Å². The summed E-state index contributed by atoms with van der Waals surface area (Å²) in [7, 11) is 1.80. The molecule has 74 valence electrons. The maximum Gasteiger partial charge on any atom is 0.184 e. The number of furan rings is 1. The Hall–Kier alpha value is -1.06. The average Bonchev–Trinajstić information content (AvgIpc) is 2.56. The van der Waals surface area contributed by atoms with E-state index < -0.39 is 5.82 Å². The molecule has 0 radical (unpaired) electrons. The van der Waals surface area contributed by atoms with Crippen LogP contribution in [0, 0.1) is 5.82 Å². The second-order valence-electron chi connectivity index (χ2n) is 3.02. The molecule has 0 amide bonds. The summed E-state index contributed by atoms with van der Waals surface area (Å²) in [4.78, 5) is 0. The van der Waals surface area contributed by atoms with Crippen LogP contribution in [0.4, 0.5) is 4.39 Å². The van der Waals surface area contributed by atoms with Gasteiger partial charge >= 0.3 is 0 Å². The highest BCUT2D eigenvalue weighted by molar-refractivity contribution is 6.31. The zero-order valence-corrected chi connectivity index (χ0v) is 8.36. The SMILES string of the molecule is CNCc1cc2ccc(Cl)c(F)c2o1. The third kappa shape index (κ3) is 1.49. The fourth-order valence-corrected chi connectivity index (χ4v) is 1.51. The van der Waals surface area contributed by atoms with Gasteiger partial charge in [-0.25, -0.2) is 4.39 Å². The van der Waals surface area contributed by atoms with Crippen LogP contribution in [0.25, 0.3) is 11.0 Å². The molecule has 0 aliphatic rings. The molecular formula is C10H9ClFNO. The van der Waals surface area contributed by atoms with E-state index in [4.69, 9.17) is 16.0 Å². The zero-order valence-electron chi connectivity index (χ0n) is 7.60. The smallest absolute Gasteiger partial charge is 0.184 e. The number of rotatable bonds is 2. The largest absolute Gasteiger partial charge is 0.457 e. The van der Waals surface area contributed by atoms with Crippen molar-refractivity contribution in [2.24, 2.45) is 0 Å². The van der Waals surface area contributed by atoms with Crippen molar-refractivity contribution in [2.45, 2.75) is 6.54 Å². The fourth-order valence-electron chi connectivity index (χ4n) is 1.36. The van der Waals surface area contributed by atoms with Gasteiger partial charge in [-0.15, -0.1) is 0 Å². The Labute approximate surface area is 85.7 Å².